The lowest BCUT2D eigenvalue weighted by molar-refractivity contribution is 0.0724. The molecule has 0 bridgehead atoms. The molecule has 0 atom stereocenters. The van der Waals surface area contributed by atoms with E-state index >= 15 is 0 Å². The standard InChI is InChI=1S/C18H18ClNO2/c19-16-9-8-15(12-17(16)21)13-4-6-14(7-5-13)18(22)20-10-2-1-3-11-20/h4-9,12,21H,1-3,10-11H2. The van der Waals surface area contributed by atoms with Gasteiger partial charge in [-0.25, -0.2) is 0 Å². The number of amides is 1. The van der Waals surface area contributed by atoms with Crippen LogP contribution >= 0.6 is 11.6 Å². The van der Waals surface area contributed by atoms with Crippen LogP contribution < -0.4 is 0 Å². The number of piperidine rings is 1. The van der Waals surface area contributed by atoms with E-state index in [0.717, 1.165) is 37.1 Å². The lowest BCUT2D eigenvalue weighted by Gasteiger charge is -2.26. The number of phenolic OH excluding ortho intramolecular Hbond substituents is 1. The summed E-state index contributed by atoms with van der Waals surface area (Å²) < 4.78 is 0. The number of phenols is 1. The molecule has 0 radical (unpaired) electrons. The van der Waals surface area contributed by atoms with Crippen LogP contribution in [0.4, 0.5) is 0 Å². The fourth-order valence-electron chi connectivity index (χ4n) is 2.78. The van der Waals surface area contributed by atoms with Gasteiger partial charge in [0.15, 0.2) is 0 Å². The Labute approximate surface area is 135 Å². The summed E-state index contributed by atoms with van der Waals surface area (Å²) in [6.07, 6.45) is 3.39. The summed E-state index contributed by atoms with van der Waals surface area (Å²) in [5.74, 6) is 0.165. The first-order valence-electron chi connectivity index (χ1n) is 7.53. The van der Waals surface area contributed by atoms with Gasteiger partial charge >= 0.3 is 0 Å². The Morgan fingerprint density at radius 1 is 0.955 bits per heavy atom. The Bertz CT molecular complexity index is 676. The van der Waals surface area contributed by atoms with Crippen LogP contribution in [0.25, 0.3) is 11.1 Å². The molecule has 1 amide bonds. The van der Waals surface area contributed by atoms with Gasteiger partial charge < -0.3 is 10.0 Å². The Morgan fingerprint density at radius 2 is 1.59 bits per heavy atom. The number of halogens is 1. The number of aromatic hydroxyl groups is 1. The number of likely N-dealkylation sites (tertiary alicyclic amines) is 1. The van der Waals surface area contributed by atoms with Crippen molar-refractivity contribution in [3.8, 4) is 16.9 Å². The number of rotatable bonds is 2. The van der Waals surface area contributed by atoms with Gasteiger partial charge in [0, 0.05) is 18.7 Å². The molecule has 2 aromatic rings. The van der Waals surface area contributed by atoms with Crippen molar-refractivity contribution in [1.82, 2.24) is 4.90 Å². The van der Waals surface area contributed by atoms with Crippen LogP contribution in [-0.2, 0) is 0 Å². The second kappa shape index (κ2) is 6.41. The molecule has 1 fully saturated rings. The number of benzene rings is 2. The van der Waals surface area contributed by atoms with Gasteiger partial charge in [-0.05, 0) is 54.7 Å². The zero-order valence-electron chi connectivity index (χ0n) is 12.3. The average Bonchev–Trinajstić information content (AvgIpc) is 2.58. The van der Waals surface area contributed by atoms with Crippen molar-refractivity contribution in [2.75, 3.05) is 13.1 Å². The van der Waals surface area contributed by atoms with E-state index in [1.165, 1.54) is 6.42 Å². The molecule has 1 aliphatic rings. The summed E-state index contributed by atoms with van der Waals surface area (Å²) in [7, 11) is 0. The van der Waals surface area contributed by atoms with Gasteiger partial charge in [0.25, 0.3) is 5.91 Å². The normalized spacial score (nSPS) is 14.9. The second-order valence-electron chi connectivity index (χ2n) is 5.60. The number of nitrogens with zero attached hydrogens (tertiary/aromatic N) is 1. The molecular formula is C18H18ClNO2. The number of hydrogen-bond acceptors (Lipinski definition) is 2. The first-order valence-corrected chi connectivity index (χ1v) is 7.91. The maximum atomic E-state index is 12.4. The number of carbonyl (C=O) groups excluding carboxylic acids is 1. The third-order valence-electron chi connectivity index (χ3n) is 4.05. The predicted octanol–water partition coefficient (Wildman–Crippen LogP) is 4.34. The summed E-state index contributed by atoms with van der Waals surface area (Å²) in [4.78, 5) is 14.3. The largest absolute Gasteiger partial charge is 0.506 e. The van der Waals surface area contributed by atoms with Crippen molar-refractivity contribution in [1.29, 1.82) is 0 Å². The molecule has 1 heterocycles. The molecule has 1 N–H and O–H groups in total. The molecule has 114 valence electrons. The molecule has 0 unspecified atom stereocenters. The minimum absolute atomic E-state index is 0.0626. The maximum absolute atomic E-state index is 12.4. The van der Waals surface area contributed by atoms with Crippen molar-refractivity contribution >= 4 is 17.5 Å². The van der Waals surface area contributed by atoms with Gasteiger partial charge in [-0.2, -0.15) is 0 Å². The van der Waals surface area contributed by atoms with E-state index in [9.17, 15) is 9.90 Å². The summed E-state index contributed by atoms with van der Waals surface area (Å²) in [5, 5.41) is 10.0. The molecule has 3 rings (SSSR count). The number of carbonyl (C=O) groups is 1. The Balaban J connectivity index is 1.79. The highest BCUT2D eigenvalue weighted by molar-refractivity contribution is 6.32. The molecule has 4 heteroatoms. The zero-order chi connectivity index (χ0) is 15.5. The highest BCUT2D eigenvalue weighted by Gasteiger charge is 2.17. The third kappa shape index (κ3) is 3.09. The van der Waals surface area contributed by atoms with E-state index in [-0.39, 0.29) is 11.7 Å². The summed E-state index contributed by atoms with van der Waals surface area (Å²) >= 11 is 5.82. The van der Waals surface area contributed by atoms with Crippen molar-refractivity contribution in [2.45, 2.75) is 19.3 Å². The topological polar surface area (TPSA) is 40.5 Å². The fraction of sp³-hybridized carbons (Fsp3) is 0.278. The first kappa shape index (κ1) is 14.9. The lowest BCUT2D eigenvalue weighted by Crippen LogP contribution is -2.35. The van der Waals surface area contributed by atoms with Crippen LogP contribution in [0.1, 0.15) is 29.6 Å². The quantitative estimate of drug-likeness (QED) is 0.895. The Hall–Kier alpha value is -2.00. The minimum atomic E-state index is 0.0626. The van der Waals surface area contributed by atoms with E-state index in [1.54, 1.807) is 12.1 Å². The van der Waals surface area contributed by atoms with Gasteiger partial charge in [-0.1, -0.05) is 29.8 Å². The van der Waals surface area contributed by atoms with Crippen LogP contribution in [0, 0.1) is 0 Å². The molecule has 0 saturated carbocycles. The van der Waals surface area contributed by atoms with Gasteiger partial charge in [0.2, 0.25) is 0 Å². The molecule has 0 spiro atoms. The molecule has 22 heavy (non-hydrogen) atoms. The van der Waals surface area contributed by atoms with E-state index in [1.807, 2.05) is 35.2 Å². The first-order chi connectivity index (χ1) is 10.6. The summed E-state index contributed by atoms with van der Waals surface area (Å²) in [6.45, 7) is 1.71. The molecule has 3 nitrogen and oxygen atoms in total. The molecule has 1 saturated heterocycles. The van der Waals surface area contributed by atoms with Crippen LogP contribution in [0.3, 0.4) is 0 Å². The zero-order valence-corrected chi connectivity index (χ0v) is 13.0. The highest BCUT2D eigenvalue weighted by atomic mass is 35.5. The van der Waals surface area contributed by atoms with Gasteiger partial charge in [0.1, 0.15) is 5.75 Å². The van der Waals surface area contributed by atoms with Crippen LogP contribution in [-0.4, -0.2) is 29.0 Å². The van der Waals surface area contributed by atoms with Crippen LogP contribution in [0.15, 0.2) is 42.5 Å². The van der Waals surface area contributed by atoms with Crippen molar-refractivity contribution in [2.24, 2.45) is 0 Å². The molecule has 0 aromatic heterocycles. The van der Waals surface area contributed by atoms with E-state index in [2.05, 4.69) is 0 Å². The van der Waals surface area contributed by atoms with Crippen LogP contribution in [0.2, 0.25) is 5.02 Å². The SMILES string of the molecule is O=C(c1ccc(-c2ccc(Cl)c(O)c2)cc1)N1CCCCC1. The van der Waals surface area contributed by atoms with E-state index < -0.39 is 0 Å². The van der Waals surface area contributed by atoms with Crippen molar-refractivity contribution in [3.63, 3.8) is 0 Å². The minimum Gasteiger partial charge on any atom is -0.506 e. The Morgan fingerprint density at radius 3 is 2.23 bits per heavy atom. The van der Waals surface area contributed by atoms with E-state index in [4.69, 9.17) is 11.6 Å². The molecule has 1 aliphatic heterocycles. The average molecular weight is 316 g/mol. The van der Waals surface area contributed by atoms with Gasteiger partial charge in [-0.15, -0.1) is 0 Å². The smallest absolute Gasteiger partial charge is 0.253 e. The third-order valence-corrected chi connectivity index (χ3v) is 4.37. The highest BCUT2D eigenvalue weighted by Crippen LogP contribution is 2.29. The molecule has 0 aliphatic carbocycles. The van der Waals surface area contributed by atoms with Crippen molar-refractivity contribution < 1.29 is 9.90 Å². The van der Waals surface area contributed by atoms with Gasteiger partial charge in [0.05, 0.1) is 5.02 Å². The molecular weight excluding hydrogens is 298 g/mol. The molecule has 2 aromatic carbocycles. The Kier molecular flexibility index (Phi) is 4.34. The maximum Gasteiger partial charge on any atom is 0.253 e. The van der Waals surface area contributed by atoms with Crippen molar-refractivity contribution in [3.05, 3.63) is 53.1 Å². The predicted molar refractivity (Wildman–Crippen MR) is 88.3 cm³/mol. The summed E-state index contributed by atoms with van der Waals surface area (Å²) in [6, 6.07) is 12.6. The fourth-order valence-corrected chi connectivity index (χ4v) is 2.89. The monoisotopic (exact) mass is 315 g/mol. The second-order valence-corrected chi connectivity index (χ2v) is 6.00. The number of hydrogen-bond donors (Lipinski definition) is 1. The summed E-state index contributed by atoms with van der Waals surface area (Å²) in [5.41, 5.74) is 2.53. The van der Waals surface area contributed by atoms with Gasteiger partial charge in [-0.3, -0.25) is 4.79 Å². The van der Waals surface area contributed by atoms with Crippen LogP contribution in [0.5, 0.6) is 5.75 Å². The van der Waals surface area contributed by atoms with E-state index in [0.29, 0.717) is 10.6 Å². The lowest BCUT2D eigenvalue weighted by atomic mass is 10.0.